The summed E-state index contributed by atoms with van der Waals surface area (Å²) in [5.41, 5.74) is 5.64. The lowest BCUT2D eigenvalue weighted by atomic mass is 10.0. The smallest absolute Gasteiger partial charge is 0.120 e. The van der Waals surface area contributed by atoms with Gasteiger partial charge in [-0.3, -0.25) is 0 Å². The van der Waals surface area contributed by atoms with Crippen molar-refractivity contribution in [2.45, 2.75) is 39.2 Å². The SMILES string of the molecule is Cc1ccc(O)c(C(C)NN2CCCCC2)c1. The molecule has 0 bridgehead atoms. The van der Waals surface area contributed by atoms with Crippen molar-refractivity contribution in [3.63, 3.8) is 0 Å². The van der Waals surface area contributed by atoms with Crippen molar-refractivity contribution >= 4 is 0 Å². The molecule has 1 aliphatic rings. The fourth-order valence-corrected chi connectivity index (χ4v) is 2.39. The van der Waals surface area contributed by atoms with Crippen LogP contribution in [0.15, 0.2) is 18.2 Å². The minimum Gasteiger partial charge on any atom is -0.508 e. The molecule has 1 aromatic rings. The molecule has 3 heteroatoms. The van der Waals surface area contributed by atoms with E-state index in [-0.39, 0.29) is 6.04 Å². The summed E-state index contributed by atoms with van der Waals surface area (Å²) in [4.78, 5) is 0. The molecule has 17 heavy (non-hydrogen) atoms. The maximum atomic E-state index is 9.88. The zero-order valence-corrected chi connectivity index (χ0v) is 10.7. The summed E-state index contributed by atoms with van der Waals surface area (Å²) >= 11 is 0. The zero-order chi connectivity index (χ0) is 12.3. The lowest BCUT2D eigenvalue weighted by molar-refractivity contribution is 0.132. The van der Waals surface area contributed by atoms with Crippen molar-refractivity contribution in [1.29, 1.82) is 0 Å². The summed E-state index contributed by atoms with van der Waals surface area (Å²) in [6.45, 7) is 6.37. The number of hydrazine groups is 1. The Morgan fingerprint density at radius 2 is 1.94 bits per heavy atom. The first kappa shape index (κ1) is 12.4. The fraction of sp³-hybridized carbons (Fsp3) is 0.571. The molecule has 2 N–H and O–H groups in total. The van der Waals surface area contributed by atoms with Crippen LogP contribution in [0.3, 0.4) is 0 Å². The minimum absolute atomic E-state index is 0.160. The molecule has 0 radical (unpaired) electrons. The normalized spacial score (nSPS) is 19.2. The number of piperidine rings is 1. The number of hydrogen-bond donors (Lipinski definition) is 2. The largest absolute Gasteiger partial charge is 0.508 e. The van der Waals surface area contributed by atoms with Crippen LogP contribution in [-0.4, -0.2) is 23.2 Å². The first-order valence-corrected chi connectivity index (χ1v) is 6.47. The summed E-state index contributed by atoms with van der Waals surface area (Å²) in [6.07, 6.45) is 3.86. The monoisotopic (exact) mass is 234 g/mol. The van der Waals surface area contributed by atoms with Crippen LogP contribution in [-0.2, 0) is 0 Å². The van der Waals surface area contributed by atoms with Gasteiger partial charge in [0.25, 0.3) is 0 Å². The maximum absolute atomic E-state index is 9.88. The molecule has 1 aliphatic heterocycles. The highest BCUT2D eigenvalue weighted by Crippen LogP contribution is 2.25. The lowest BCUT2D eigenvalue weighted by Gasteiger charge is -2.30. The van der Waals surface area contributed by atoms with E-state index >= 15 is 0 Å². The van der Waals surface area contributed by atoms with E-state index in [1.165, 1.54) is 24.8 Å². The molecule has 2 rings (SSSR count). The van der Waals surface area contributed by atoms with Gasteiger partial charge in [0.15, 0.2) is 0 Å². The highest BCUT2D eigenvalue weighted by atomic mass is 16.3. The van der Waals surface area contributed by atoms with Crippen LogP contribution in [0, 0.1) is 6.92 Å². The van der Waals surface area contributed by atoms with Crippen molar-refractivity contribution in [3.8, 4) is 5.75 Å². The number of phenols is 1. The predicted octanol–water partition coefficient (Wildman–Crippen LogP) is 2.75. The Bertz CT molecular complexity index is 372. The Hall–Kier alpha value is -1.06. The van der Waals surface area contributed by atoms with Gasteiger partial charge in [0.1, 0.15) is 5.75 Å². The van der Waals surface area contributed by atoms with Gasteiger partial charge in [0.05, 0.1) is 0 Å². The van der Waals surface area contributed by atoms with Crippen LogP contribution in [0.1, 0.15) is 43.4 Å². The van der Waals surface area contributed by atoms with Crippen molar-refractivity contribution in [1.82, 2.24) is 10.4 Å². The van der Waals surface area contributed by atoms with Crippen LogP contribution in [0.2, 0.25) is 0 Å². The van der Waals surface area contributed by atoms with E-state index in [0.717, 1.165) is 18.7 Å². The van der Waals surface area contributed by atoms with E-state index in [1.54, 1.807) is 6.07 Å². The summed E-state index contributed by atoms with van der Waals surface area (Å²) in [5, 5.41) is 12.2. The molecule has 1 fully saturated rings. The molecule has 0 spiro atoms. The number of nitrogens with one attached hydrogen (secondary N) is 1. The second-order valence-corrected chi connectivity index (χ2v) is 4.96. The minimum atomic E-state index is 0.160. The standard InChI is InChI=1S/C14H22N2O/c1-11-6-7-14(17)13(10-11)12(2)15-16-8-4-3-5-9-16/h6-7,10,12,15,17H,3-5,8-9H2,1-2H3. The van der Waals surface area contributed by atoms with Crippen LogP contribution >= 0.6 is 0 Å². The number of rotatable bonds is 3. The summed E-state index contributed by atoms with van der Waals surface area (Å²) in [6, 6.07) is 5.93. The van der Waals surface area contributed by atoms with Gasteiger partial charge < -0.3 is 5.11 Å². The molecule has 1 heterocycles. The number of aromatic hydroxyl groups is 1. The third kappa shape index (κ3) is 3.20. The summed E-state index contributed by atoms with van der Waals surface area (Å²) in [7, 11) is 0. The molecule has 1 unspecified atom stereocenters. The van der Waals surface area contributed by atoms with Gasteiger partial charge in [-0.15, -0.1) is 0 Å². The molecule has 0 aliphatic carbocycles. The lowest BCUT2D eigenvalue weighted by Crippen LogP contribution is -2.42. The highest BCUT2D eigenvalue weighted by Gasteiger charge is 2.15. The van der Waals surface area contributed by atoms with Crippen LogP contribution in [0.5, 0.6) is 5.75 Å². The maximum Gasteiger partial charge on any atom is 0.120 e. The third-order valence-corrected chi connectivity index (χ3v) is 3.38. The molecular formula is C14H22N2O. The Kier molecular flexibility index (Phi) is 4.02. The molecule has 0 saturated carbocycles. The zero-order valence-electron chi connectivity index (χ0n) is 10.7. The predicted molar refractivity (Wildman–Crippen MR) is 69.8 cm³/mol. The number of phenolic OH excluding ortho intramolecular Hbond substituents is 1. The van der Waals surface area contributed by atoms with Crippen molar-refractivity contribution in [2.24, 2.45) is 0 Å². The van der Waals surface area contributed by atoms with Crippen molar-refractivity contribution < 1.29 is 5.11 Å². The van der Waals surface area contributed by atoms with Crippen molar-refractivity contribution in [2.75, 3.05) is 13.1 Å². The molecule has 0 amide bonds. The van der Waals surface area contributed by atoms with Crippen LogP contribution in [0.25, 0.3) is 0 Å². The van der Waals surface area contributed by atoms with Gasteiger partial charge >= 0.3 is 0 Å². The quantitative estimate of drug-likeness (QED) is 0.844. The average Bonchev–Trinajstić information content (AvgIpc) is 2.33. The second-order valence-electron chi connectivity index (χ2n) is 4.96. The molecule has 1 aromatic carbocycles. The Labute approximate surface area is 103 Å². The Morgan fingerprint density at radius 3 is 2.65 bits per heavy atom. The molecule has 0 aromatic heterocycles. The van der Waals surface area contributed by atoms with E-state index in [4.69, 9.17) is 0 Å². The number of aryl methyl sites for hydroxylation is 1. The topological polar surface area (TPSA) is 35.5 Å². The van der Waals surface area contributed by atoms with Gasteiger partial charge in [-0.1, -0.05) is 24.1 Å². The Balaban J connectivity index is 2.02. The second kappa shape index (κ2) is 5.52. The number of hydrogen-bond acceptors (Lipinski definition) is 3. The Morgan fingerprint density at radius 1 is 1.24 bits per heavy atom. The van der Waals surface area contributed by atoms with E-state index in [9.17, 15) is 5.11 Å². The number of nitrogens with zero attached hydrogens (tertiary/aromatic N) is 1. The van der Waals surface area contributed by atoms with Crippen LogP contribution in [0.4, 0.5) is 0 Å². The average molecular weight is 234 g/mol. The van der Waals surface area contributed by atoms with Gasteiger partial charge in [-0.2, -0.15) is 0 Å². The fourth-order valence-electron chi connectivity index (χ4n) is 2.39. The molecule has 1 atom stereocenters. The molecule has 94 valence electrons. The summed E-state index contributed by atoms with van der Waals surface area (Å²) in [5.74, 6) is 0.382. The van der Waals surface area contributed by atoms with Gasteiger partial charge in [0.2, 0.25) is 0 Å². The highest BCUT2D eigenvalue weighted by molar-refractivity contribution is 5.37. The first-order valence-electron chi connectivity index (χ1n) is 6.47. The number of benzene rings is 1. The molecule has 1 saturated heterocycles. The molecular weight excluding hydrogens is 212 g/mol. The van der Waals surface area contributed by atoms with E-state index in [0.29, 0.717) is 5.75 Å². The van der Waals surface area contributed by atoms with Gasteiger partial charge in [-0.25, -0.2) is 10.4 Å². The first-order chi connectivity index (χ1) is 8.16. The third-order valence-electron chi connectivity index (χ3n) is 3.38. The van der Waals surface area contributed by atoms with E-state index in [1.807, 2.05) is 6.07 Å². The van der Waals surface area contributed by atoms with Gasteiger partial charge in [0, 0.05) is 24.7 Å². The van der Waals surface area contributed by atoms with Gasteiger partial charge in [-0.05, 0) is 32.8 Å². The molecule has 3 nitrogen and oxygen atoms in total. The van der Waals surface area contributed by atoms with E-state index < -0.39 is 0 Å². The summed E-state index contributed by atoms with van der Waals surface area (Å²) < 4.78 is 0. The van der Waals surface area contributed by atoms with E-state index in [2.05, 4.69) is 30.3 Å². The van der Waals surface area contributed by atoms with Crippen molar-refractivity contribution in [3.05, 3.63) is 29.3 Å². The van der Waals surface area contributed by atoms with Crippen LogP contribution < -0.4 is 5.43 Å².